The number of anilines is 1. The molecule has 2 heterocycles. The zero-order valence-electron chi connectivity index (χ0n) is 11.3. The zero-order valence-corrected chi connectivity index (χ0v) is 12.1. The Balaban J connectivity index is 2.33. The summed E-state index contributed by atoms with van der Waals surface area (Å²) in [5, 5.41) is 4.39. The van der Waals surface area contributed by atoms with Crippen LogP contribution < -0.4 is 5.01 Å². The van der Waals surface area contributed by atoms with Crippen molar-refractivity contribution in [2.75, 3.05) is 18.1 Å². The number of nitrogens with zero attached hydrogens (tertiary/aromatic N) is 4. The summed E-state index contributed by atoms with van der Waals surface area (Å²) in [6.07, 6.45) is 6.63. The average Bonchev–Trinajstić information content (AvgIpc) is 2.42. The molecule has 0 bridgehead atoms. The van der Waals surface area contributed by atoms with Crippen molar-refractivity contribution in [3.8, 4) is 0 Å². The van der Waals surface area contributed by atoms with Crippen molar-refractivity contribution >= 4 is 23.2 Å². The van der Waals surface area contributed by atoms with Crippen LogP contribution in [0.1, 0.15) is 33.1 Å². The van der Waals surface area contributed by atoms with E-state index in [-0.39, 0.29) is 11.8 Å². The number of carbonyl (C=O) groups excluding carboxylic acids is 1. The Morgan fingerprint density at radius 1 is 1.32 bits per heavy atom. The number of rotatable bonds is 4. The summed E-state index contributed by atoms with van der Waals surface area (Å²) in [5.74, 6) is 0.654. The average molecular weight is 283 g/mol. The highest BCUT2D eigenvalue weighted by atomic mass is 35.5. The van der Waals surface area contributed by atoms with Gasteiger partial charge in [-0.25, -0.2) is 15.0 Å². The fourth-order valence-electron chi connectivity index (χ4n) is 2.29. The van der Waals surface area contributed by atoms with Crippen LogP contribution in [0.3, 0.4) is 0 Å². The van der Waals surface area contributed by atoms with Gasteiger partial charge in [0.2, 0.25) is 0 Å². The van der Waals surface area contributed by atoms with Gasteiger partial charge in [0.25, 0.3) is 0 Å². The Labute approximate surface area is 118 Å². The van der Waals surface area contributed by atoms with Crippen LogP contribution in [-0.4, -0.2) is 39.9 Å². The number of hydrogen-bond acceptors (Lipinski definition) is 5. The Morgan fingerprint density at radius 3 is 2.53 bits per heavy atom. The first-order chi connectivity index (χ1) is 9.11. The molecule has 1 aromatic heterocycles. The van der Waals surface area contributed by atoms with Gasteiger partial charge in [-0.15, -0.1) is 0 Å². The van der Waals surface area contributed by atoms with Crippen molar-refractivity contribution in [2.24, 2.45) is 0 Å². The molecular weight excluding hydrogens is 264 g/mol. The molecule has 19 heavy (non-hydrogen) atoms. The number of Topliss-reactive ketones (excluding diaryl/α,β-unsaturated/α-hetero) is 1. The van der Waals surface area contributed by atoms with Gasteiger partial charge in [-0.3, -0.25) is 9.80 Å². The molecule has 1 aliphatic rings. The van der Waals surface area contributed by atoms with E-state index in [0.717, 1.165) is 25.9 Å². The standard InChI is InChI=1S/C13H19ClN4O/c1-10(11(2)19)18(17-8-4-3-5-9-17)13-12(14)15-6-7-16-13/h6-7,10H,3-5,8-9H2,1-2H3. The van der Waals surface area contributed by atoms with Gasteiger partial charge in [-0.1, -0.05) is 18.0 Å². The lowest BCUT2D eigenvalue weighted by molar-refractivity contribution is -0.118. The second-order valence-electron chi connectivity index (χ2n) is 4.82. The summed E-state index contributed by atoms with van der Waals surface area (Å²) in [6.45, 7) is 5.31. The first kappa shape index (κ1) is 14.2. The van der Waals surface area contributed by atoms with Gasteiger partial charge in [0.05, 0.1) is 0 Å². The predicted octanol–water partition coefficient (Wildman–Crippen LogP) is 2.31. The summed E-state index contributed by atoms with van der Waals surface area (Å²) in [7, 11) is 0. The normalized spacial score (nSPS) is 18.1. The van der Waals surface area contributed by atoms with Crippen LogP contribution in [0.15, 0.2) is 12.4 Å². The molecule has 1 unspecified atom stereocenters. The number of carbonyl (C=O) groups is 1. The molecular formula is C13H19ClN4O. The molecule has 6 heteroatoms. The molecule has 104 valence electrons. The fraction of sp³-hybridized carbons (Fsp3) is 0.615. The molecule has 1 aliphatic heterocycles. The number of halogens is 1. The summed E-state index contributed by atoms with van der Waals surface area (Å²) in [5.41, 5.74) is 0. The summed E-state index contributed by atoms with van der Waals surface area (Å²) in [6, 6.07) is -0.285. The Hall–Kier alpha value is -1.20. The second-order valence-corrected chi connectivity index (χ2v) is 5.17. The van der Waals surface area contributed by atoms with Crippen LogP contribution >= 0.6 is 11.6 Å². The van der Waals surface area contributed by atoms with Gasteiger partial charge in [0.15, 0.2) is 16.8 Å². The molecule has 0 amide bonds. The molecule has 0 spiro atoms. The van der Waals surface area contributed by atoms with Gasteiger partial charge >= 0.3 is 0 Å². The van der Waals surface area contributed by atoms with Gasteiger partial charge < -0.3 is 0 Å². The van der Waals surface area contributed by atoms with Crippen molar-refractivity contribution in [1.82, 2.24) is 15.0 Å². The first-order valence-electron chi connectivity index (χ1n) is 6.62. The van der Waals surface area contributed by atoms with Gasteiger partial charge in [-0.05, 0) is 26.7 Å². The molecule has 0 radical (unpaired) electrons. The fourth-order valence-corrected chi connectivity index (χ4v) is 2.49. The van der Waals surface area contributed by atoms with Crippen LogP contribution in [0.2, 0.25) is 5.15 Å². The number of ketones is 1. The Kier molecular flexibility index (Phi) is 4.71. The molecule has 0 aromatic carbocycles. The van der Waals surface area contributed by atoms with Gasteiger partial charge in [0, 0.05) is 25.5 Å². The van der Waals surface area contributed by atoms with Crippen molar-refractivity contribution in [1.29, 1.82) is 0 Å². The minimum Gasteiger partial charge on any atom is -0.298 e. The third-order valence-corrected chi connectivity index (χ3v) is 3.71. The Bertz CT molecular complexity index is 448. The maximum Gasteiger partial charge on any atom is 0.181 e. The summed E-state index contributed by atoms with van der Waals surface area (Å²) >= 11 is 6.13. The lowest BCUT2D eigenvalue weighted by Crippen LogP contribution is -2.53. The maximum atomic E-state index is 11.8. The molecule has 2 rings (SSSR count). The Morgan fingerprint density at radius 2 is 1.95 bits per heavy atom. The smallest absolute Gasteiger partial charge is 0.181 e. The lowest BCUT2D eigenvalue weighted by atomic mass is 10.1. The number of aromatic nitrogens is 2. The highest BCUT2D eigenvalue weighted by Gasteiger charge is 2.28. The van der Waals surface area contributed by atoms with Crippen LogP contribution in [-0.2, 0) is 4.79 Å². The summed E-state index contributed by atoms with van der Waals surface area (Å²) in [4.78, 5) is 20.1. The van der Waals surface area contributed by atoms with E-state index in [4.69, 9.17) is 11.6 Å². The third-order valence-electron chi connectivity index (χ3n) is 3.45. The molecule has 5 nitrogen and oxygen atoms in total. The largest absolute Gasteiger partial charge is 0.298 e. The first-order valence-corrected chi connectivity index (χ1v) is 7.00. The van der Waals surface area contributed by atoms with Crippen molar-refractivity contribution in [3.05, 3.63) is 17.5 Å². The molecule has 0 aliphatic carbocycles. The molecule has 0 saturated carbocycles. The molecule has 1 fully saturated rings. The van der Waals surface area contributed by atoms with Crippen LogP contribution in [0, 0.1) is 0 Å². The van der Waals surface area contributed by atoms with E-state index >= 15 is 0 Å². The predicted molar refractivity (Wildman–Crippen MR) is 75.1 cm³/mol. The second kappa shape index (κ2) is 6.30. The van der Waals surface area contributed by atoms with Gasteiger partial charge in [-0.2, -0.15) is 0 Å². The number of hydrazine groups is 1. The minimum absolute atomic E-state index is 0.0901. The molecule has 1 aromatic rings. The zero-order chi connectivity index (χ0) is 13.8. The van der Waals surface area contributed by atoms with Crippen molar-refractivity contribution in [2.45, 2.75) is 39.2 Å². The monoisotopic (exact) mass is 282 g/mol. The highest BCUT2D eigenvalue weighted by Crippen LogP contribution is 2.26. The van der Waals surface area contributed by atoms with E-state index < -0.39 is 0 Å². The van der Waals surface area contributed by atoms with E-state index in [1.54, 1.807) is 19.3 Å². The van der Waals surface area contributed by atoms with Crippen molar-refractivity contribution in [3.63, 3.8) is 0 Å². The summed E-state index contributed by atoms with van der Waals surface area (Å²) < 4.78 is 0. The highest BCUT2D eigenvalue weighted by molar-refractivity contribution is 6.31. The van der Waals surface area contributed by atoms with Gasteiger partial charge in [0.1, 0.15) is 6.04 Å². The van der Waals surface area contributed by atoms with E-state index in [9.17, 15) is 4.79 Å². The van der Waals surface area contributed by atoms with Crippen molar-refractivity contribution < 1.29 is 4.79 Å². The van der Waals surface area contributed by atoms with E-state index in [2.05, 4.69) is 15.0 Å². The molecule has 0 N–H and O–H groups in total. The van der Waals surface area contributed by atoms with Crippen LogP contribution in [0.5, 0.6) is 0 Å². The van der Waals surface area contributed by atoms with E-state index in [0.29, 0.717) is 11.0 Å². The van der Waals surface area contributed by atoms with E-state index in [1.807, 2.05) is 11.9 Å². The minimum atomic E-state index is -0.285. The third kappa shape index (κ3) is 3.22. The lowest BCUT2D eigenvalue weighted by Gasteiger charge is -2.41. The maximum absolute atomic E-state index is 11.8. The van der Waals surface area contributed by atoms with Crippen LogP contribution in [0.25, 0.3) is 0 Å². The molecule has 1 atom stereocenters. The van der Waals surface area contributed by atoms with E-state index in [1.165, 1.54) is 6.42 Å². The number of piperidine rings is 1. The topological polar surface area (TPSA) is 49.3 Å². The van der Waals surface area contributed by atoms with Crippen LogP contribution in [0.4, 0.5) is 5.82 Å². The quantitative estimate of drug-likeness (QED) is 0.848. The number of hydrogen-bond donors (Lipinski definition) is 0. The SMILES string of the molecule is CC(=O)C(C)N(c1nccnc1Cl)N1CCCCC1. The molecule has 1 saturated heterocycles.